The summed E-state index contributed by atoms with van der Waals surface area (Å²) in [6, 6.07) is 3.61. The number of nitrogens with zero attached hydrogens (tertiary/aromatic N) is 3. The van der Waals surface area contributed by atoms with Gasteiger partial charge in [0.1, 0.15) is 0 Å². The minimum atomic E-state index is -0.270. The Balaban J connectivity index is 2.11. The van der Waals surface area contributed by atoms with Crippen LogP contribution in [0.25, 0.3) is 0 Å². The van der Waals surface area contributed by atoms with Gasteiger partial charge in [0, 0.05) is 31.0 Å². The van der Waals surface area contributed by atoms with Crippen LogP contribution in [-0.2, 0) is 6.42 Å². The summed E-state index contributed by atoms with van der Waals surface area (Å²) < 4.78 is 0. The van der Waals surface area contributed by atoms with Crippen molar-refractivity contribution >= 4 is 12.2 Å². The summed E-state index contributed by atoms with van der Waals surface area (Å²) >= 11 is 0. The van der Waals surface area contributed by atoms with Crippen molar-refractivity contribution in [2.24, 2.45) is 5.10 Å². The second kappa shape index (κ2) is 6.58. The molecule has 0 bridgehead atoms. The summed E-state index contributed by atoms with van der Waals surface area (Å²) in [5.41, 5.74) is 4.33. The first-order valence-electron chi connectivity index (χ1n) is 6.10. The predicted molar refractivity (Wildman–Crippen MR) is 75.8 cm³/mol. The highest BCUT2D eigenvalue weighted by atomic mass is 16.3. The van der Waals surface area contributed by atoms with Crippen molar-refractivity contribution in [1.82, 2.24) is 15.0 Å². The molecule has 2 heterocycles. The first-order chi connectivity index (χ1) is 9.70. The molecule has 0 saturated heterocycles. The van der Waals surface area contributed by atoms with Crippen LogP contribution in [0.15, 0.2) is 34.4 Å². The van der Waals surface area contributed by atoms with E-state index in [1.54, 1.807) is 37.7 Å². The second-order valence-corrected chi connectivity index (χ2v) is 4.10. The minimum Gasteiger partial charge on any atom is -0.396 e. The van der Waals surface area contributed by atoms with Crippen LogP contribution in [0.1, 0.15) is 16.8 Å². The van der Waals surface area contributed by atoms with Gasteiger partial charge in [0.25, 0.3) is 5.56 Å². The van der Waals surface area contributed by atoms with Crippen LogP contribution in [0.5, 0.6) is 0 Å². The summed E-state index contributed by atoms with van der Waals surface area (Å²) in [7, 11) is 0. The first kappa shape index (κ1) is 13.9. The van der Waals surface area contributed by atoms with Crippen LogP contribution in [0, 0.1) is 6.92 Å². The Morgan fingerprint density at radius 3 is 2.85 bits per heavy atom. The number of aliphatic hydroxyl groups is 1. The van der Waals surface area contributed by atoms with E-state index in [0.29, 0.717) is 11.3 Å². The number of aromatic amines is 1. The Kier molecular flexibility index (Phi) is 4.56. The number of hydrazone groups is 1. The molecule has 0 spiro atoms. The van der Waals surface area contributed by atoms with Gasteiger partial charge >= 0.3 is 0 Å². The zero-order valence-corrected chi connectivity index (χ0v) is 11.0. The van der Waals surface area contributed by atoms with Crippen molar-refractivity contribution in [3.63, 3.8) is 0 Å². The van der Waals surface area contributed by atoms with Gasteiger partial charge in [-0.1, -0.05) is 0 Å². The van der Waals surface area contributed by atoms with Gasteiger partial charge in [0.2, 0.25) is 5.95 Å². The van der Waals surface area contributed by atoms with Gasteiger partial charge in [-0.05, 0) is 24.6 Å². The Hall–Kier alpha value is -2.54. The molecule has 0 radical (unpaired) electrons. The van der Waals surface area contributed by atoms with E-state index >= 15 is 0 Å². The molecular formula is C13H15N5O2. The Morgan fingerprint density at radius 2 is 2.20 bits per heavy atom. The first-order valence-corrected chi connectivity index (χ1v) is 6.10. The van der Waals surface area contributed by atoms with Gasteiger partial charge < -0.3 is 5.11 Å². The largest absolute Gasteiger partial charge is 0.396 e. The molecule has 0 atom stereocenters. The van der Waals surface area contributed by atoms with Crippen LogP contribution in [-0.4, -0.2) is 32.9 Å². The lowest BCUT2D eigenvalue weighted by Gasteiger charge is -2.05. The molecule has 0 amide bonds. The molecule has 20 heavy (non-hydrogen) atoms. The summed E-state index contributed by atoms with van der Waals surface area (Å²) in [6.07, 6.45) is 5.21. The zero-order chi connectivity index (χ0) is 14.4. The van der Waals surface area contributed by atoms with Gasteiger partial charge in [-0.2, -0.15) is 5.10 Å². The number of H-pyrrole nitrogens is 1. The fourth-order valence-corrected chi connectivity index (χ4v) is 1.69. The lowest BCUT2D eigenvalue weighted by atomic mass is 10.2. The van der Waals surface area contributed by atoms with Crippen LogP contribution in [0.3, 0.4) is 0 Å². The average Bonchev–Trinajstić information content (AvgIpc) is 2.44. The third-order valence-electron chi connectivity index (χ3n) is 2.67. The van der Waals surface area contributed by atoms with Crippen LogP contribution in [0.2, 0.25) is 0 Å². The third-order valence-corrected chi connectivity index (χ3v) is 2.67. The third kappa shape index (κ3) is 3.48. The molecule has 0 unspecified atom stereocenters. The maximum atomic E-state index is 11.8. The number of aliphatic hydroxyl groups excluding tert-OH is 1. The summed E-state index contributed by atoms with van der Waals surface area (Å²) in [5, 5.41) is 12.9. The molecule has 2 aromatic heterocycles. The topological polar surface area (TPSA) is 103 Å². The standard InChI is InChI=1S/C13H15N5O2/c1-9-11(4-7-19)12(20)17-13(16-9)18-15-8-10-2-5-14-6-3-10/h2-3,5-6,8,19H,4,7H2,1H3,(H2,16,17,18,20)/b15-8-. The van der Waals surface area contributed by atoms with E-state index in [1.165, 1.54) is 0 Å². The molecule has 2 rings (SSSR count). The summed E-state index contributed by atoms with van der Waals surface area (Å²) in [6.45, 7) is 1.64. The van der Waals surface area contributed by atoms with E-state index in [1.807, 2.05) is 0 Å². The van der Waals surface area contributed by atoms with Crippen LogP contribution in [0.4, 0.5) is 5.95 Å². The van der Waals surface area contributed by atoms with Crippen molar-refractivity contribution in [2.45, 2.75) is 13.3 Å². The second-order valence-electron chi connectivity index (χ2n) is 4.10. The van der Waals surface area contributed by atoms with Gasteiger partial charge in [-0.3, -0.25) is 14.8 Å². The molecule has 0 aliphatic heterocycles. The number of nitrogens with one attached hydrogen (secondary N) is 2. The predicted octanol–water partition coefficient (Wildman–Crippen LogP) is 0.454. The normalized spacial score (nSPS) is 10.9. The summed E-state index contributed by atoms with van der Waals surface area (Å²) in [4.78, 5) is 22.4. The van der Waals surface area contributed by atoms with E-state index in [9.17, 15) is 4.79 Å². The maximum absolute atomic E-state index is 11.8. The zero-order valence-electron chi connectivity index (χ0n) is 11.0. The number of hydrogen-bond acceptors (Lipinski definition) is 6. The van der Waals surface area contributed by atoms with Crippen molar-refractivity contribution in [1.29, 1.82) is 0 Å². The quantitative estimate of drug-likeness (QED) is 0.542. The number of anilines is 1. The molecule has 7 nitrogen and oxygen atoms in total. The Morgan fingerprint density at radius 1 is 1.45 bits per heavy atom. The Labute approximate surface area is 115 Å². The van der Waals surface area contributed by atoms with Gasteiger partial charge in [-0.25, -0.2) is 10.4 Å². The number of aromatic nitrogens is 3. The fraction of sp³-hybridized carbons (Fsp3) is 0.231. The monoisotopic (exact) mass is 273 g/mol. The van der Waals surface area contributed by atoms with Crippen molar-refractivity contribution in [3.8, 4) is 0 Å². The molecule has 3 N–H and O–H groups in total. The number of rotatable bonds is 5. The molecule has 7 heteroatoms. The highest BCUT2D eigenvalue weighted by Crippen LogP contribution is 2.03. The molecule has 2 aromatic rings. The smallest absolute Gasteiger partial charge is 0.255 e. The number of aryl methyl sites for hydroxylation is 1. The number of pyridine rings is 1. The Bertz CT molecular complexity index is 652. The van der Waals surface area contributed by atoms with Crippen molar-refractivity contribution in [3.05, 3.63) is 51.7 Å². The van der Waals surface area contributed by atoms with Crippen LogP contribution < -0.4 is 11.0 Å². The van der Waals surface area contributed by atoms with Crippen molar-refractivity contribution < 1.29 is 5.11 Å². The maximum Gasteiger partial charge on any atom is 0.255 e. The van der Waals surface area contributed by atoms with Gasteiger partial charge in [0.15, 0.2) is 0 Å². The lowest BCUT2D eigenvalue weighted by molar-refractivity contribution is 0.298. The van der Waals surface area contributed by atoms with E-state index in [4.69, 9.17) is 5.11 Å². The minimum absolute atomic E-state index is 0.0848. The molecule has 0 saturated carbocycles. The molecular weight excluding hydrogens is 258 g/mol. The van der Waals surface area contributed by atoms with E-state index in [0.717, 1.165) is 5.56 Å². The van der Waals surface area contributed by atoms with Gasteiger partial charge in [0.05, 0.1) is 11.9 Å². The SMILES string of the molecule is Cc1nc(N/N=C\c2ccncc2)[nH]c(=O)c1CCO. The highest BCUT2D eigenvalue weighted by molar-refractivity contribution is 5.79. The molecule has 0 aliphatic rings. The molecule has 0 aliphatic carbocycles. The highest BCUT2D eigenvalue weighted by Gasteiger charge is 2.06. The van der Waals surface area contributed by atoms with E-state index in [-0.39, 0.29) is 24.5 Å². The van der Waals surface area contributed by atoms with Gasteiger partial charge in [-0.15, -0.1) is 0 Å². The molecule has 104 valence electrons. The van der Waals surface area contributed by atoms with Crippen molar-refractivity contribution in [2.75, 3.05) is 12.0 Å². The van der Waals surface area contributed by atoms with E-state index in [2.05, 4.69) is 25.5 Å². The van der Waals surface area contributed by atoms with Crippen LogP contribution >= 0.6 is 0 Å². The molecule has 0 aromatic carbocycles. The fourth-order valence-electron chi connectivity index (χ4n) is 1.69. The lowest BCUT2D eigenvalue weighted by Crippen LogP contribution is -2.19. The van der Waals surface area contributed by atoms with E-state index < -0.39 is 0 Å². The number of hydrogen-bond donors (Lipinski definition) is 3. The average molecular weight is 273 g/mol. The summed E-state index contributed by atoms with van der Waals surface area (Å²) in [5.74, 6) is 0.263. The molecule has 0 fully saturated rings.